The molecule has 3 heterocycles. The van der Waals surface area contributed by atoms with Gasteiger partial charge >= 0.3 is 0 Å². The molecule has 1 fully saturated rings. The normalized spacial score (nSPS) is 14.5. The summed E-state index contributed by atoms with van der Waals surface area (Å²) in [5.74, 6) is 0.270. The molecule has 186 valence electrons. The number of benzene rings is 2. The molecule has 0 radical (unpaired) electrons. The molecular formula is C28H25N5O4. The Morgan fingerprint density at radius 1 is 1.00 bits per heavy atom. The number of hydrogen-bond donors (Lipinski definition) is 2. The van der Waals surface area contributed by atoms with E-state index in [9.17, 15) is 14.9 Å². The lowest BCUT2D eigenvalue weighted by molar-refractivity contribution is -0.129. The van der Waals surface area contributed by atoms with Crippen LogP contribution in [0.5, 0.6) is 0 Å². The van der Waals surface area contributed by atoms with E-state index in [1.807, 2.05) is 53.4 Å². The van der Waals surface area contributed by atoms with E-state index in [0.717, 1.165) is 0 Å². The zero-order chi connectivity index (χ0) is 25.6. The first-order valence-corrected chi connectivity index (χ1v) is 12.0. The van der Waals surface area contributed by atoms with Gasteiger partial charge in [0.15, 0.2) is 5.76 Å². The van der Waals surface area contributed by atoms with Gasteiger partial charge in [0.1, 0.15) is 12.1 Å². The van der Waals surface area contributed by atoms with E-state index >= 15 is 0 Å². The van der Waals surface area contributed by atoms with Crippen molar-refractivity contribution in [3.63, 3.8) is 0 Å². The van der Waals surface area contributed by atoms with E-state index in [2.05, 4.69) is 21.7 Å². The topological polar surface area (TPSA) is 124 Å². The summed E-state index contributed by atoms with van der Waals surface area (Å²) >= 11 is 0. The van der Waals surface area contributed by atoms with Crippen LogP contribution in [0.15, 0.2) is 87.9 Å². The molecule has 1 aliphatic heterocycles. The van der Waals surface area contributed by atoms with Crippen LogP contribution in [0.4, 0.5) is 11.6 Å². The Labute approximate surface area is 213 Å². The predicted molar refractivity (Wildman–Crippen MR) is 136 cm³/mol. The maximum atomic E-state index is 13.3. The minimum absolute atomic E-state index is 0.177. The lowest BCUT2D eigenvalue weighted by atomic mass is 9.95. The van der Waals surface area contributed by atoms with E-state index in [0.29, 0.717) is 48.8 Å². The molecule has 1 unspecified atom stereocenters. The molecule has 1 saturated heterocycles. The van der Waals surface area contributed by atoms with Gasteiger partial charge < -0.3 is 24.4 Å². The largest absolute Gasteiger partial charge is 0.459 e. The standard InChI is InChI=1S/C28H25N5O4/c29-18-22-28(37-27(31-22)23-12-7-17-36-23)33-15-13-20(14-16-33)25(34)32-24(19-8-3-1-4-9-19)26(35)30-21-10-5-2-6-11-21/h1-12,17,20,24H,13-16H2,(H,30,35)(H,32,34). The van der Waals surface area contributed by atoms with E-state index in [1.54, 1.807) is 24.3 Å². The molecule has 9 heteroatoms. The quantitative estimate of drug-likeness (QED) is 0.386. The van der Waals surface area contributed by atoms with Crippen molar-refractivity contribution in [1.82, 2.24) is 10.3 Å². The molecule has 5 rings (SSSR count). The monoisotopic (exact) mass is 495 g/mol. The number of furan rings is 1. The third kappa shape index (κ3) is 5.38. The second kappa shape index (κ2) is 10.8. The van der Waals surface area contributed by atoms with Crippen molar-refractivity contribution < 1.29 is 18.4 Å². The van der Waals surface area contributed by atoms with Gasteiger partial charge in [0.2, 0.25) is 17.5 Å². The van der Waals surface area contributed by atoms with Crippen LogP contribution in [0.2, 0.25) is 0 Å². The number of aromatic nitrogens is 1. The molecular weight excluding hydrogens is 470 g/mol. The molecule has 0 spiro atoms. The Balaban J connectivity index is 1.25. The van der Waals surface area contributed by atoms with Gasteiger partial charge in [-0.3, -0.25) is 9.59 Å². The molecule has 37 heavy (non-hydrogen) atoms. The van der Waals surface area contributed by atoms with Crippen LogP contribution in [0.25, 0.3) is 11.7 Å². The van der Waals surface area contributed by atoms with Crippen LogP contribution in [0, 0.1) is 17.2 Å². The molecule has 0 aliphatic carbocycles. The van der Waals surface area contributed by atoms with Crippen molar-refractivity contribution in [2.45, 2.75) is 18.9 Å². The smallest absolute Gasteiger partial charge is 0.266 e. The Morgan fingerprint density at radius 2 is 1.70 bits per heavy atom. The highest BCUT2D eigenvalue weighted by molar-refractivity contribution is 5.98. The molecule has 1 atom stereocenters. The van der Waals surface area contributed by atoms with E-state index in [1.165, 1.54) is 6.26 Å². The number of carbonyl (C=O) groups is 2. The van der Waals surface area contributed by atoms with Gasteiger partial charge in [0.05, 0.1) is 6.26 Å². The summed E-state index contributed by atoms with van der Waals surface area (Å²) in [5.41, 5.74) is 1.54. The molecule has 1 aliphatic rings. The fourth-order valence-electron chi connectivity index (χ4n) is 4.39. The number of nitriles is 1. The second-order valence-corrected chi connectivity index (χ2v) is 8.73. The fraction of sp³-hybridized carbons (Fsp3) is 0.214. The van der Waals surface area contributed by atoms with Crippen molar-refractivity contribution in [3.8, 4) is 17.7 Å². The zero-order valence-corrected chi connectivity index (χ0v) is 20.0. The van der Waals surface area contributed by atoms with Crippen molar-refractivity contribution in [2.75, 3.05) is 23.3 Å². The number of rotatable bonds is 7. The first-order chi connectivity index (χ1) is 18.1. The van der Waals surface area contributed by atoms with Gasteiger partial charge in [0.25, 0.3) is 11.8 Å². The van der Waals surface area contributed by atoms with Crippen molar-refractivity contribution >= 4 is 23.4 Å². The average Bonchev–Trinajstić information content (AvgIpc) is 3.63. The Hall–Kier alpha value is -4.84. The molecule has 0 bridgehead atoms. The second-order valence-electron chi connectivity index (χ2n) is 8.73. The zero-order valence-electron chi connectivity index (χ0n) is 20.0. The van der Waals surface area contributed by atoms with Crippen LogP contribution >= 0.6 is 0 Å². The number of nitrogens with zero attached hydrogens (tertiary/aromatic N) is 3. The molecule has 2 amide bonds. The molecule has 2 aromatic heterocycles. The first kappa shape index (κ1) is 23.9. The summed E-state index contributed by atoms with van der Waals surface area (Å²) in [6, 6.07) is 23.0. The fourth-order valence-corrected chi connectivity index (χ4v) is 4.39. The van der Waals surface area contributed by atoms with Crippen LogP contribution in [-0.2, 0) is 9.59 Å². The van der Waals surface area contributed by atoms with Crippen LogP contribution in [0.3, 0.4) is 0 Å². The first-order valence-electron chi connectivity index (χ1n) is 12.0. The molecule has 4 aromatic rings. The number of hydrogen-bond acceptors (Lipinski definition) is 7. The van der Waals surface area contributed by atoms with Gasteiger partial charge in [-0.15, -0.1) is 0 Å². The summed E-state index contributed by atoms with van der Waals surface area (Å²) < 4.78 is 11.2. The summed E-state index contributed by atoms with van der Waals surface area (Å²) in [6.45, 7) is 1.01. The number of piperidine rings is 1. The summed E-state index contributed by atoms with van der Waals surface area (Å²) in [5, 5.41) is 15.4. The average molecular weight is 496 g/mol. The lowest BCUT2D eigenvalue weighted by Gasteiger charge is -2.31. The Bertz CT molecular complexity index is 1390. The van der Waals surface area contributed by atoms with Crippen LogP contribution in [0.1, 0.15) is 30.1 Å². The molecule has 0 saturated carbocycles. The maximum Gasteiger partial charge on any atom is 0.266 e. The van der Waals surface area contributed by atoms with Crippen molar-refractivity contribution in [1.29, 1.82) is 5.26 Å². The van der Waals surface area contributed by atoms with Gasteiger partial charge in [-0.2, -0.15) is 10.2 Å². The number of nitrogens with one attached hydrogen (secondary N) is 2. The Morgan fingerprint density at radius 3 is 2.35 bits per heavy atom. The molecule has 9 nitrogen and oxygen atoms in total. The predicted octanol–water partition coefficient (Wildman–Crippen LogP) is 4.52. The summed E-state index contributed by atoms with van der Waals surface area (Å²) in [7, 11) is 0. The van der Waals surface area contributed by atoms with Gasteiger partial charge in [0, 0.05) is 24.7 Å². The lowest BCUT2D eigenvalue weighted by Crippen LogP contribution is -2.44. The molecule has 2 aromatic carbocycles. The minimum atomic E-state index is -0.831. The van der Waals surface area contributed by atoms with Crippen molar-refractivity contribution in [2.24, 2.45) is 5.92 Å². The third-order valence-electron chi connectivity index (χ3n) is 6.32. The minimum Gasteiger partial charge on any atom is -0.459 e. The van der Waals surface area contributed by atoms with E-state index in [4.69, 9.17) is 8.83 Å². The van der Waals surface area contributed by atoms with Crippen molar-refractivity contribution in [3.05, 3.63) is 90.3 Å². The van der Waals surface area contributed by atoms with Crippen LogP contribution in [-0.4, -0.2) is 29.9 Å². The highest BCUT2D eigenvalue weighted by Gasteiger charge is 2.32. The number of oxazole rings is 1. The maximum absolute atomic E-state index is 13.3. The third-order valence-corrected chi connectivity index (χ3v) is 6.32. The number of carbonyl (C=O) groups excluding carboxylic acids is 2. The number of para-hydroxylation sites is 1. The van der Waals surface area contributed by atoms with E-state index < -0.39 is 6.04 Å². The Kier molecular flexibility index (Phi) is 6.99. The summed E-state index contributed by atoms with van der Waals surface area (Å²) in [4.78, 5) is 32.6. The highest BCUT2D eigenvalue weighted by atomic mass is 16.4. The number of amides is 2. The van der Waals surface area contributed by atoms with E-state index in [-0.39, 0.29) is 29.3 Å². The molecule has 2 N–H and O–H groups in total. The highest BCUT2D eigenvalue weighted by Crippen LogP contribution is 2.31. The van der Waals surface area contributed by atoms with Gasteiger partial charge in [-0.05, 0) is 42.7 Å². The number of anilines is 2. The van der Waals surface area contributed by atoms with Gasteiger partial charge in [-0.25, -0.2) is 0 Å². The summed E-state index contributed by atoms with van der Waals surface area (Å²) in [6.07, 6.45) is 2.59. The SMILES string of the molecule is N#Cc1nc(-c2ccco2)oc1N1CCC(C(=O)NC(C(=O)Nc2ccccc2)c2ccccc2)CC1. The van der Waals surface area contributed by atoms with Crippen LogP contribution < -0.4 is 15.5 Å². The van der Waals surface area contributed by atoms with Gasteiger partial charge in [-0.1, -0.05) is 48.5 Å².